The van der Waals surface area contributed by atoms with E-state index >= 15 is 0 Å². The van der Waals surface area contributed by atoms with Crippen molar-refractivity contribution < 1.29 is 9.50 Å². The number of rotatable bonds is 5. The lowest BCUT2D eigenvalue weighted by atomic mass is 10.1. The van der Waals surface area contributed by atoms with E-state index in [1.807, 2.05) is 32.0 Å². The van der Waals surface area contributed by atoms with Crippen molar-refractivity contribution in [2.75, 3.05) is 5.75 Å². The highest BCUT2D eigenvalue weighted by Gasteiger charge is 2.14. The van der Waals surface area contributed by atoms with Crippen LogP contribution in [0, 0.1) is 19.7 Å². The van der Waals surface area contributed by atoms with Crippen molar-refractivity contribution in [1.29, 1.82) is 0 Å². The molecule has 5 nitrogen and oxygen atoms in total. The number of thioether (sulfide) groups is 1. The van der Waals surface area contributed by atoms with Gasteiger partial charge in [-0.1, -0.05) is 30.0 Å². The normalized spacial score (nSPS) is 12.3. The molecule has 0 aliphatic rings. The van der Waals surface area contributed by atoms with Crippen molar-refractivity contribution in [3.63, 3.8) is 0 Å². The first kappa shape index (κ1) is 16.6. The topological polar surface area (TPSA) is 63.8 Å². The molecule has 2 aromatic carbocycles. The molecule has 3 aromatic rings. The summed E-state index contributed by atoms with van der Waals surface area (Å²) >= 11 is 1.35. The van der Waals surface area contributed by atoms with Crippen LogP contribution in [0.1, 0.15) is 22.8 Å². The van der Waals surface area contributed by atoms with E-state index in [0.29, 0.717) is 16.5 Å². The third-order valence-corrected chi connectivity index (χ3v) is 4.80. The van der Waals surface area contributed by atoms with E-state index < -0.39 is 6.10 Å². The second-order valence-electron chi connectivity index (χ2n) is 5.52. The molecule has 3 rings (SSSR count). The van der Waals surface area contributed by atoms with E-state index in [1.165, 1.54) is 29.5 Å². The first-order valence-electron chi connectivity index (χ1n) is 7.47. The predicted octanol–water partition coefficient (Wildman–Crippen LogP) is 3.24. The highest BCUT2D eigenvalue weighted by Crippen LogP contribution is 2.25. The molecule has 0 fully saturated rings. The zero-order chi connectivity index (χ0) is 17.1. The van der Waals surface area contributed by atoms with Crippen LogP contribution >= 0.6 is 11.8 Å². The molecule has 1 unspecified atom stereocenters. The van der Waals surface area contributed by atoms with Crippen molar-refractivity contribution in [1.82, 2.24) is 20.2 Å². The van der Waals surface area contributed by atoms with Crippen LogP contribution in [-0.4, -0.2) is 31.1 Å². The number of aliphatic hydroxyl groups excluding tert-OH is 1. The minimum absolute atomic E-state index is 0.322. The van der Waals surface area contributed by atoms with Gasteiger partial charge in [-0.25, -0.2) is 4.39 Å². The van der Waals surface area contributed by atoms with Crippen LogP contribution in [0.4, 0.5) is 4.39 Å². The molecule has 0 saturated carbocycles. The van der Waals surface area contributed by atoms with Crippen molar-refractivity contribution in [2.45, 2.75) is 25.1 Å². The summed E-state index contributed by atoms with van der Waals surface area (Å²) in [6.07, 6.45) is -0.722. The van der Waals surface area contributed by atoms with Gasteiger partial charge in [0.15, 0.2) is 0 Å². The number of tetrazole rings is 1. The molecular formula is C17H17FN4OS. The quantitative estimate of drug-likeness (QED) is 0.720. The van der Waals surface area contributed by atoms with E-state index in [0.717, 1.165) is 11.3 Å². The molecular weight excluding hydrogens is 327 g/mol. The Morgan fingerprint density at radius 1 is 1.12 bits per heavy atom. The molecule has 0 spiro atoms. The molecule has 0 saturated heterocycles. The SMILES string of the molecule is Cc1ccc(-n2nnnc2SCC(O)c2ccc(F)cc2)cc1C. The van der Waals surface area contributed by atoms with Crippen LogP contribution in [0.2, 0.25) is 0 Å². The van der Waals surface area contributed by atoms with Gasteiger partial charge in [0.1, 0.15) is 5.82 Å². The molecule has 0 aliphatic heterocycles. The number of aliphatic hydroxyl groups is 1. The van der Waals surface area contributed by atoms with Crippen molar-refractivity contribution in [3.8, 4) is 5.69 Å². The number of aromatic nitrogens is 4. The molecule has 24 heavy (non-hydrogen) atoms. The molecule has 7 heteroatoms. The average Bonchev–Trinajstić information content (AvgIpc) is 3.04. The van der Waals surface area contributed by atoms with Gasteiger partial charge in [-0.15, -0.1) is 5.10 Å². The second-order valence-corrected chi connectivity index (χ2v) is 6.51. The lowest BCUT2D eigenvalue weighted by molar-refractivity contribution is 0.204. The maximum absolute atomic E-state index is 12.9. The third-order valence-electron chi connectivity index (χ3n) is 3.80. The Bertz CT molecular complexity index is 835. The molecule has 0 amide bonds. The Morgan fingerprint density at radius 3 is 2.58 bits per heavy atom. The van der Waals surface area contributed by atoms with Gasteiger partial charge in [-0.3, -0.25) is 0 Å². The summed E-state index contributed by atoms with van der Waals surface area (Å²) in [5.41, 5.74) is 3.90. The van der Waals surface area contributed by atoms with Crippen LogP contribution in [0.15, 0.2) is 47.6 Å². The monoisotopic (exact) mass is 344 g/mol. The first-order chi connectivity index (χ1) is 11.5. The summed E-state index contributed by atoms with van der Waals surface area (Å²) in [4.78, 5) is 0. The molecule has 0 bridgehead atoms. The van der Waals surface area contributed by atoms with Gasteiger partial charge in [0.25, 0.3) is 0 Å². The van der Waals surface area contributed by atoms with Gasteiger partial charge in [0.2, 0.25) is 5.16 Å². The fourth-order valence-electron chi connectivity index (χ4n) is 2.22. The van der Waals surface area contributed by atoms with Crippen LogP contribution in [0.5, 0.6) is 0 Å². The number of hydrogen-bond donors (Lipinski definition) is 1. The number of nitrogens with zero attached hydrogens (tertiary/aromatic N) is 4. The largest absolute Gasteiger partial charge is 0.388 e. The summed E-state index contributed by atoms with van der Waals surface area (Å²) < 4.78 is 14.6. The first-order valence-corrected chi connectivity index (χ1v) is 8.45. The highest BCUT2D eigenvalue weighted by molar-refractivity contribution is 7.99. The lowest BCUT2D eigenvalue weighted by Crippen LogP contribution is -2.04. The van der Waals surface area contributed by atoms with Crippen molar-refractivity contribution in [2.24, 2.45) is 0 Å². The zero-order valence-electron chi connectivity index (χ0n) is 13.3. The number of benzene rings is 2. The summed E-state index contributed by atoms with van der Waals surface area (Å²) in [5, 5.41) is 22.6. The van der Waals surface area contributed by atoms with Crippen LogP contribution < -0.4 is 0 Å². The molecule has 0 radical (unpaired) electrons. The maximum atomic E-state index is 12.9. The Kier molecular flexibility index (Phi) is 4.92. The molecule has 124 valence electrons. The van der Waals surface area contributed by atoms with Crippen LogP contribution in [-0.2, 0) is 0 Å². The van der Waals surface area contributed by atoms with Gasteiger partial charge in [0, 0.05) is 5.75 Å². The smallest absolute Gasteiger partial charge is 0.214 e. The number of aryl methyl sites for hydroxylation is 2. The highest BCUT2D eigenvalue weighted by atomic mass is 32.2. The Morgan fingerprint density at radius 2 is 1.88 bits per heavy atom. The third kappa shape index (κ3) is 3.63. The zero-order valence-corrected chi connectivity index (χ0v) is 14.2. The van der Waals surface area contributed by atoms with Crippen LogP contribution in [0.25, 0.3) is 5.69 Å². The summed E-state index contributed by atoms with van der Waals surface area (Å²) in [6, 6.07) is 11.8. The fraction of sp³-hybridized carbons (Fsp3) is 0.235. The molecule has 1 aromatic heterocycles. The van der Waals surface area contributed by atoms with Gasteiger partial charge in [0.05, 0.1) is 11.8 Å². The van der Waals surface area contributed by atoms with E-state index in [1.54, 1.807) is 16.8 Å². The summed E-state index contributed by atoms with van der Waals surface area (Å²) in [7, 11) is 0. The summed E-state index contributed by atoms with van der Waals surface area (Å²) in [6.45, 7) is 4.09. The van der Waals surface area contributed by atoms with Gasteiger partial charge in [-0.05, 0) is 65.2 Å². The van der Waals surface area contributed by atoms with Gasteiger partial charge in [-0.2, -0.15) is 4.68 Å². The van der Waals surface area contributed by atoms with Crippen LogP contribution in [0.3, 0.4) is 0 Å². The molecule has 1 heterocycles. The number of halogens is 1. The Balaban J connectivity index is 1.73. The van der Waals surface area contributed by atoms with Gasteiger partial charge >= 0.3 is 0 Å². The van der Waals surface area contributed by atoms with E-state index in [-0.39, 0.29) is 5.82 Å². The lowest BCUT2D eigenvalue weighted by Gasteiger charge is -2.11. The van der Waals surface area contributed by atoms with E-state index in [4.69, 9.17) is 0 Å². The Labute approximate surface area is 143 Å². The van der Waals surface area contributed by atoms with Gasteiger partial charge < -0.3 is 5.11 Å². The maximum Gasteiger partial charge on any atom is 0.214 e. The minimum Gasteiger partial charge on any atom is -0.388 e. The standard InChI is InChI=1S/C17H17FN4OS/c1-11-3-8-15(9-12(11)2)22-17(19-20-21-22)24-10-16(23)13-4-6-14(18)7-5-13/h3-9,16,23H,10H2,1-2H3. The second kappa shape index (κ2) is 7.11. The van der Waals surface area contributed by atoms with E-state index in [9.17, 15) is 9.50 Å². The fourth-order valence-corrected chi connectivity index (χ4v) is 3.08. The molecule has 1 atom stereocenters. The summed E-state index contributed by atoms with van der Waals surface area (Å²) in [5.74, 6) is 0.0499. The average molecular weight is 344 g/mol. The Hall–Kier alpha value is -2.25. The van der Waals surface area contributed by atoms with E-state index in [2.05, 4.69) is 15.5 Å². The predicted molar refractivity (Wildman–Crippen MR) is 90.7 cm³/mol. The molecule has 0 aliphatic carbocycles. The van der Waals surface area contributed by atoms with Crippen molar-refractivity contribution >= 4 is 11.8 Å². The molecule has 1 N–H and O–H groups in total. The minimum atomic E-state index is -0.722. The number of hydrogen-bond acceptors (Lipinski definition) is 5. The van der Waals surface area contributed by atoms with Crippen molar-refractivity contribution in [3.05, 3.63) is 65.0 Å².